The highest BCUT2D eigenvalue weighted by atomic mass is 19.1. The lowest BCUT2D eigenvalue weighted by molar-refractivity contribution is -0.384. The second kappa shape index (κ2) is 5.98. The van der Waals surface area contributed by atoms with E-state index in [1.165, 1.54) is 24.3 Å². The molecule has 0 aliphatic carbocycles. The monoisotopic (exact) mass is 277 g/mol. The van der Waals surface area contributed by atoms with E-state index in [0.29, 0.717) is 5.56 Å². The van der Waals surface area contributed by atoms with Crippen LogP contribution >= 0.6 is 0 Å². The highest BCUT2D eigenvalue weighted by molar-refractivity contribution is 5.65. The van der Waals surface area contributed by atoms with Crippen LogP contribution in [0, 0.1) is 15.9 Å². The molecular weight excluding hydrogens is 265 g/mol. The van der Waals surface area contributed by atoms with Crippen molar-refractivity contribution < 1.29 is 14.1 Å². The van der Waals surface area contributed by atoms with Crippen molar-refractivity contribution in [2.75, 3.05) is 5.43 Å². The number of para-hydroxylation sites is 2. The molecule has 0 aromatic heterocycles. The molecule has 2 rings (SSSR count). The van der Waals surface area contributed by atoms with Gasteiger partial charge in [-0.15, -0.1) is 0 Å². The number of halogens is 1. The maximum absolute atomic E-state index is 13.4. The number of rotatable bonds is 5. The Morgan fingerprint density at radius 3 is 2.65 bits per heavy atom. The number of nitro groups is 1. The van der Waals surface area contributed by atoms with Gasteiger partial charge < -0.3 is 10.2 Å². The number of ether oxygens (including phenoxy) is 1. The van der Waals surface area contributed by atoms with Gasteiger partial charge in [-0.05, 0) is 12.1 Å². The summed E-state index contributed by atoms with van der Waals surface area (Å²) in [6, 6.07) is 10.4. The van der Waals surface area contributed by atoms with Gasteiger partial charge in [0.2, 0.25) is 0 Å². The lowest BCUT2D eigenvalue weighted by Crippen LogP contribution is -2.12. The maximum Gasteiger partial charge on any atom is 0.294 e. The van der Waals surface area contributed by atoms with Gasteiger partial charge in [0.15, 0.2) is 11.6 Å². The van der Waals surface area contributed by atoms with Gasteiger partial charge in [-0.25, -0.2) is 4.39 Å². The van der Waals surface area contributed by atoms with Crippen molar-refractivity contribution in [3.8, 4) is 5.75 Å². The van der Waals surface area contributed by atoms with Crippen molar-refractivity contribution in [3.05, 3.63) is 64.0 Å². The van der Waals surface area contributed by atoms with E-state index in [9.17, 15) is 14.5 Å². The van der Waals surface area contributed by atoms with Crippen LogP contribution in [0.2, 0.25) is 0 Å². The third-order valence-corrected chi connectivity index (χ3v) is 2.69. The minimum atomic E-state index is -0.554. The van der Waals surface area contributed by atoms with E-state index in [1.54, 1.807) is 18.2 Å². The van der Waals surface area contributed by atoms with Crippen LogP contribution in [0.5, 0.6) is 5.75 Å². The van der Waals surface area contributed by atoms with Gasteiger partial charge in [-0.3, -0.25) is 16.0 Å². The topological polar surface area (TPSA) is 90.4 Å². The molecule has 0 saturated carbocycles. The highest BCUT2D eigenvalue weighted by Crippen LogP contribution is 2.28. The molecule has 0 aliphatic heterocycles. The lowest BCUT2D eigenvalue weighted by Gasteiger charge is -2.11. The molecule has 0 amide bonds. The van der Waals surface area contributed by atoms with E-state index in [2.05, 4.69) is 5.43 Å². The van der Waals surface area contributed by atoms with Crippen LogP contribution < -0.4 is 16.0 Å². The minimum Gasteiger partial charge on any atom is -0.486 e. The van der Waals surface area contributed by atoms with Gasteiger partial charge in [-0.1, -0.05) is 24.3 Å². The smallest absolute Gasteiger partial charge is 0.294 e. The zero-order valence-electron chi connectivity index (χ0n) is 10.4. The summed E-state index contributed by atoms with van der Waals surface area (Å²) in [6.45, 7) is -0.0395. The van der Waals surface area contributed by atoms with E-state index in [-0.39, 0.29) is 23.7 Å². The summed E-state index contributed by atoms with van der Waals surface area (Å²) in [5.74, 6) is 4.88. The molecular formula is C13H12FN3O3. The van der Waals surface area contributed by atoms with Crippen LogP contribution in [0.4, 0.5) is 15.8 Å². The first-order valence-corrected chi connectivity index (χ1v) is 5.73. The number of nitrogen functional groups attached to an aromatic ring is 1. The predicted molar refractivity (Wildman–Crippen MR) is 71.6 cm³/mol. The number of hydrogen-bond acceptors (Lipinski definition) is 5. The largest absolute Gasteiger partial charge is 0.486 e. The highest BCUT2D eigenvalue weighted by Gasteiger charge is 2.17. The van der Waals surface area contributed by atoms with Crippen molar-refractivity contribution in [1.29, 1.82) is 0 Å². The van der Waals surface area contributed by atoms with Gasteiger partial charge in [0.25, 0.3) is 5.69 Å². The number of hydrazine groups is 1. The van der Waals surface area contributed by atoms with Crippen molar-refractivity contribution in [3.63, 3.8) is 0 Å². The van der Waals surface area contributed by atoms with Crippen LogP contribution in [0.3, 0.4) is 0 Å². The van der Waals surface area contributed by atoms with Crippen LogP contribution in [0.1, 0.15) is 5.56 Å². The molecule has 0 atom stereocenters. The normalized spacial score (nSPS) is 10.1. The fourth-order valence-corrected chi connectivity index (χ4v) is 1.74. The van der Waals surface area contributed by atoms with Crippen LogP contribution in [-0.4, -0.2) is 4.92 Å². The molecule has 104 valence electrons. The van der Waals surface area contributed by atoms with Crippen molar-refractivity contribution >= 4 is 11.4 Å². The van der Waals surface area contributed by atoms with Crippen molar-refractivity contribution in [2.24, 2.45) is 5.84 Å². The summed E-state index contributed by atoms with van der Waals surface area (Å²) >= 11 is 0. The maximum atomic E-state index is 13.4. The molecule has 0 bridgehead atoms. The molecule has 0 aliphatic rings. The first-order valence-electron chi connectivity index (χ1n) is 5.73. The fraction of sp³-hybridized carbons (Fsp3) is 0.0769. The van der Waals surface area contributed by atoms with Crippen LogP contribution in [-0.2, 0) is 6.61 Å². The predicted octanol–water partition coefficient (Wildman–Crippen LogP) is 2.60. The summed E-state index contributed by atoms with van der Waals surface area (Å²) < 4.78 is 18.7. The second-order valence-electron chi connectivity index (χ2n) is 3.93. The third kappa shape index (κ3) is 2.83. The molecule has 2 aromatic rings. The number of nitro benzene ring substituents is 1. The molecule has 7 heteroatoms. The molecule has 0 fully saturated rings. The number of hydrogen-bond donors (Lipinski definition) is 2. The SMILES string of the molecule is NNc1c(COc2ccccc2F)cccc1[N+](=O)[O-]. The summed E-state index contributed by atoms with van der Waals surface area (Å²) in [5, 5.41) is 10.9. The van der Waals surface area contributed by atoms with E-state index in [1.807, 2.05) is 0 Å². The number of anilines is 1. The molecule has 0 saturated heterocycles. The van der Waals surface area contributed by atoms with Gasteiger partial charge in [0.1, 0.15) is 12.3 Å². The summed E-state index contributed by atoms with van der Waals surface area (Å²) in [4.78, 5) is 10.3. The van der Waals surface area contributed by atoms with E-state index in [4.69, 9.17) is 10.6 Å². The molecule has 0 unspecified atom stereocenters. The minimum absolute atomic E-state index is 0.0395. The van der Waals surface area contributed by atoms with E-state index >= 15 is 0 Å². The number of benzene rings is 2. The molecule has 3 N–H and O–H groups in total. The van der Waals surface area contributed by atoms with Gasteiger partial charge >= 0.3 is 0 Å². The average molecular weight is 277 g/mol. The Bertz CT molecular complexity index is 634. The lowest BCUT2D eigenvalue weighted by atomic mass is 10.1. The third-order valence-electron chi connectivity index (χ3n) is 2.69. The van der Waals surface area contributed by atoms with Crippen molar-refractivity contribution in [1.82, 2.24) is 0 Å². The number of nitrogens with two attached hydrogens (primary N) is 1. The zero-order chi connectivity index (χ0) is 14.5. The Kier molecular flexibility index (Phi) is 4.11. The van der Waals surface area contributed by atoms with Gasteiger partial charge in [0, 0.05) is 11.6 Å². The van der Waals surface area contributed by atoms with Gasteiger partial charge in [-0.2, -0.15) is 0 Å². The number of nitrogens with zero attached hydrogens (tertiary/aromatic N) is 1. The van der Waals surface area contributed by atoms with Crippen LogP contribution in [0.15, 0.2) is 42.5 Å². The molecule has 6 nitrogen and oxygen atoms in total. The summed E-state index contributed by atoms with van der Waals surface area (Å²) in [5.41, 5.74) is 2.73. The molecule has 2 aromatic carbocycles. The Labute approximate surface area is 114 Å². The Balaban J connectivity index is 2.24. The van der Waals surface area contributed by atoms with E-state index < -0.39 is 10.7 Å². The second-order valence-corrected chi connectivity index (χ2v) is 3.93. The zero-order valence-corrected chi connectivity index (χ0v) is 10.4. The molecule has 20 heavy (non-hydrogen) atoms. The summed E-state index contributed by atoms with van der Waals surface area (Å²) in [7, 11) is 0. The molecule has 0 radical (unpaired) electrons. The summed E-state index contributed by atoms with van der Waals surface area (Å²) in [6.07, 6.45) is 0. The Morgan fingerprint density at radius 1 is 1.25 bits per heavy atom. The van der Waals surface area contributed by atoms with Crippen molar-refractivity contribution in [2.45, 2.75) is 6.61 Å². The molecule has 0 spiro atoms. The number of nitrogens with one attached hydrogen (secondary N) is 1. The fourth-order valence-electron chi connectivity index (χ4n) is 1.74. The first-order chi connectivity index (χ1) is 9.63. The first kappa shape index (κ1) is 13.8. The average Bonchev–Trinajstić information content (AvgIpc) is 2.45. The molecule has 0 heterocycles. The Hall–Kier alpha value is -2.67. The Morgan fingerprint density at radius 2 is 2.00 bits per heavy atom. The van der Waals surface area contributed by atoms with E-state index in [0.717, 1.165) is 0 Å². The standard InChI is InChI=1S/C13H12FN3O3/c14-10-5-1-2-7-12(10)20-8-9-4-3-6-11(17(18)19)13(9)16-15/h1-7,16H,8,15H2. The van der Waals surface area contributed by atoms with Gasteiger partial charge in [0.05, 0.1) is 4.92 Å². The van der Waals surface area contributed by atoms with Crippen LogP contribution in [0.25, 0.3) is 0 Å². The quantitative estimate of drug-likeness (QED) is 0.498.